The number of epoxide rings is 1. The van der Waals surface area contributed by atoms with Crippen LogP contribution in [0.4, 0.5) is 17.6 Å². The van der Waals surface area contributed by atoms with Crippen LogP contribution < -0.4 is 0 Å². The normalized spacial score (nSPS) is 22.4. The lowest BCUT2D eigenvalue weighted by atomic mass is 10.2. The van der Waals surface area contributed by atoms with Crippen molar-refractivity contribution in [1.82, 2.24) is 0 Å². The van der Waals surface area contributed by atoms with Crippen LogP contribution in [0, 0.1) is 0 Å². The molecule has 1 heterocycles. The van der Waals surface area contributed by atoms with Crippen molar-refractivity contribution >= 4 is 0 Å². The van der Waals surface area contributed by atoms with Gasteiger partial charge >= 0.3 is 12.3 Å². The molecule has 0 radical (unpaired) electrons. The maximum absolute atomic E-state index is 12.2. The smallest absolute Gasteiger partial charge is 0.309 e. The lowest BCUT2D eigenvalue weighted by Crippen LogP contribution is -2.28. The fourth-order valence-electron chi connectivity index (χ4n) is 0.696. The molecule has 1 aliphatic rings. The van der Waals surface area contributed by atoms with E-state index in [9.17, 15) is 17.6 Å². The summed E-state index contributed by atoms with van der Waals surface area (Å²) in [5.74, 6) is -3.94. The molecule has 2 nitrogen and oxygen atoms in total. The quantitative estimate of drug-likeness (QED) is 0.371. The van der Waals surface area contributed by atoms with Gasteiger partial charge in [0.25, 0.3) is 0 Å². The lowest BCUT2D eigenvalue weighted by Gasteiger charge is -2.14. The minimum atomic E-state index is -3.94. The minimum absolute atomic E-state index is 0.0276. The van der Waals surface area contributed by atoms with Crippen LogP contribution in [0.25, 0.3) is 0 Å². The van der Waals surface area contributed by atoms with Crippen LogP contribution in [0.15, 0.2) is 0 Å². The van der Waals surface area contributed by atoms with Gasteiger partial charge in [-0.05, 0) is 0 Å². The summed E-state index contributed by atoms with van der Waals surface area (Å²) < 4.78 is 57.0. The first-order valence-corrected chi connectivity index (χ1v) is 3.87. The fraction of sp³-hybridized carbons (Fsp3) is 1.00. The van der Waals surface area contributed by atoms with Gasteiger partial charge in [0.05, 0.1) is 19.8 Å². The predicted octanol–water partition coefficient (Wildman–Crippen LogP) is 1.69. The molecule has 6 heteroatoms. The van der Waals surface area contributed by atoms with Crippen molar-refractivity contribution in [3.8, 4) is 0 Å². The van der Waals surface area contributed by atoms with Crippen LogP contribution in [-0.2, 0) is 9.47 Å². The summed E-state index contributed by atoms with van der Waals surface area (Å²) in [7, 11) is 0. The second-order valence-corrected chi connectivity index (χ2v) is 2.84. The summed E-state index contributed by atoms with van der Waals surface area (Å²) in [6, 6.07) is 0. The molecule has 1 rings (SSSR count). The van der Waals surface area contributed by atoms with E-state index >= 15 is 0 Å². The van der Waals surface area contributed by atoms with Gasteiger partial charge in [0.15, 0.2) is 0 Å². The van der Waals surface area contributed by atoms with Crippen molar-refractivity contribution in [1.29, 1.82) is 0 Å². The molecule has 0 aromatic carbocycles. The van der Waals surface area contributed by atoms with Gasteiger partial charge in [-0.2, -0.15) is 0 Å². The Bertz CT molecular complexity index is 159. The third-order valence-corrected chi connectivity index (χ3v) is 1.61. The molecule has 0 bridgehead atoms. The molecule has 0 amide bonds. The summed E-state index contributed by atoms with van der Waals surface area (Å²) in [6.07, 6.45) is -4.59. The summed E-state index contributed by atoms with van der Waals surface area (Å²) in [4.78, 5) is 0. The molecular weight excluding hydrogens is 192 g/mol. The highest BCUT2D eigenvalue weighted by molar-refractivity contribution is 4.70. The molecule has 0 saturated carbocycles. The molecule has 13 heavy (non-hydrogen) atoms. The Morgan fingerprint density at radius 2 is 2.08 bits per heavy atom. The first kappa shape index (κ1) is 10.7. The molecular formula is C7H10F4O2. The molecule has 0 spiro atoms. The van der Waals surface area contributed by atoms with Gasteiger partial charge in [-0.1, -0.05) is 0 Å². The van der Waals surface area contributed by atoms with Crippen LogP contribution in [0.5, 0.6) is 0 Å². The molecule has 1 saturated heterocycles. The van der Waals surface area contributed by atoms with Crippen LogP contribution in [-0.4, -0.2) is 38.3 Å². The molecule has 78 valence electrons. The van der Waals surface area contributed by atoms with E-state index in [0.717, 1.165) is 0 Å². The van der Waals surface area contributed by atoms with E-state index in [1.165, 1.54) is 0 Å². The topological polar surface area (TPSA) is 21.8 Å². The van der Waals surface area contributed by atoms with Crippen molar-refractivity contribution in [3.05, 3.63) is 0 Å². The number of hydrogen-bond donors (Lipinski definition) is 0. The predicted molar refractivity (Wildman–Crippen MR) is 36.1 cm³/mol. The van der Waals surface area contributed by atoms with Crippen molar-refractivity contribution in [2.45, 2.75) is 24.9 Å². The summed E-state index contributed by atoms with van der Waals surface area (Å²) >= 11 is 0. The van der Waals surface area contributed by atoms with Crippen molar-refractivity contribution in [2.24, 2.45) is 0 Å². The van der Waals surface area contributed by atoms with Crippen molar-refractivity contribution < 1.29 is 27.0 Å². The van der Waals surface area contributed by atoms with Crippen molar-refractivity contribution in [3.63, 3.8) is 0 Å². The maximum Gasteiger partial charge on any atom is 0.309 e. The van der Waals surface area contributed by atoms with Gasteiger partial charge in [-0.15, -0.1) is 0 Å². The standard InChI is InChI=1S/C7H10F4O2/c8-6(9)7(10,11)1-2-12-3-5-4-13-5/h5-6H,1-4H2. The highest BCUT2D eigenvalue weighted by Gasteiger charge is 2.40. The summed E-state index contributed by atoms with van der Waals surface area (Å²) in [6.45, 7) is 0.405. The third-order valence-electron chi connectivity index (χ3n) is 1.61. The van der Waals surface area contributed by atoms with Gasteiger partial charge in [0.1, 0.15) is 6.10 Å². The van der Waals surface area contributed by atoms with Gasteiger partial charge in [0.2, 0.25) is 0 Å². The van der Waals surface area contributed by atoms with Gasteiger partial charge in [-0.3, -0.25) is 0 Å². The summed E-state index contributed by atoms with van der Waals surface area (Å²) in [5.41, 5.74) is 0. The van der Waals surface area contributed by atoms with E-state index in [0.29, 0.717) is 6.61 Å². The number of rotatable bonds is 6. The fourth-order valence-corrected chi connectivity index (χ4v) is 0.696. The molecule has 0 aromatic heterocycles. The Balaban J connectivity index is 2.02. The number of halogens is 4. The third kappa shape index (κ3) is 3.91. The average Bonchev–Trinajstić information content (AvgIpc) is 2.81. The largest absolute Gasteiger partial charge is 0.378 e. The highest BCUT2D eigenvalue weighted by atomic mass is 19.3. The van der Waals surface area contributed by atoms with E-state index in [1.54, 1.807) is 0 Å². The number of hydrogen-bond acceptors (Lipinski definition) is 2. The van der Waals surface area contributed by atoms with Crippen LogP contribution in [0.2, 0.25) is 0 Å². The SMILES string of the molecule is FC(F)C(F)(F)CCOCC1CO1. The van der Waals surface area contributed by atoms with Crippen LogP contribution in [0.1, 0.15) is 6.42 Å². The molecule has 0 aliphatic carbocycles. The second kappa shape index (κ2) is 4.23. The number of ether oxygens (including phenoxy) is 2. The summed E-state index contributed by atoms with van der Waals surface area (Å²) in [5, 5.41) is 0. The van der Waals surface area contributed by atoms with Gasteiger partial charge in [-0.25, -0.2) is 17.6 Å². The Labute approximate surface area is 72.8 Å². The first-order chi connectivity index (χ1) is 6.02. The molecule has 1 fully saturated rings. The molecule has 0 aromatic rings. The van der Waals surface area contributed by atoms with E-state index in [2.05, 4.69) is 0 Å². The molecule has 1 atom stereocenters. The van der Waals surface area contributed by atoms with E-state index in [1.807, 2.05) is 0 Å². The van der Waals surface area contributed by atoms with Gasteiger partial charge in [0, 0.05) is 6.42 Å². The Hall–Kier alpha value is -0.360. The maximum atomic E-state index is 12.2. The first-order valence-electron chi connectivity index (χ1n) is 3.87. The van der Waals surface area contributed by atoms with Gasteiger partial charge < -0.3 is 9.47 Å². The zero-order valence-corrected chi connectivity index (χ0v) is 6.81. The van der Waals surface area contributed by atoms with Crippen molar-refractivity contribution in [2.75, 3.05) is 19.8 Å². The monoisotopic (exact) mass is 202 g/mol. The van der Waals surface area contributed by atoms with Crippen LogP contribution >= 0.6 is 0 Å². The number of alkyl halides is 4. The molecule has 1 unspecified atom stereocenters. The Morgan fingerprint density at radius 3 is 2.54 bits per heavy atom. The second-order valence-electron chi connectivity index (χ2n) is 2.84. The molecule has 1 aliphatic heterocycles. The average molecular weight is 202 g/mol. The highest BCUT2D eigenvalue weighted by Crippen LogP contribution is 2.26. The Morgan fingerprint density at radius 1 is 1.46 bits per heavy atom. The Kier molecular flexibility index (Phi) is 3.49. The van der Waals surface area contributed by atoms with Crippen LogP contribution in [0.3, 0.4) is 0 Å². The van der Waals surface area contributed by atoms with E-state index < -0.39 is 18.8 Å². The van der Waals surface area contributed by atoms with E-state index in [4.69, 9.17) is 9.47 Å². The zero-order valence-electron chi connectivity index (χ0n) is 6.81. The molecule has 0 N–H and O–H groups in total. The minimum Gasteiger partial charge on any atom is -0.378 e. The van der Waals surface area contributed by atoms with E-state index in [-0.39, 0.29) is 19.3 Å². The lowest BCUT2D eigenvalue weighted by molar-refractivity contribution is -0.141. The zero-order chi connectivity index (χ0) is 9.90.